The monoisotopic (exact) mass is 190 g/mol. The first-order valence-corrected chi connectivity index (χ1v) is 5.49. The Morgan fingerprint density at radius 2 is 1.64 bits per heavy atom. The molecule has 0 saturated heterocycles. The molecule has 0 aromatic heterocycles. The summed E-state index contributed by atoms with van der Waals surface area (Å²) < 4.78 is 16.5. The molecule has 0 radical (unpaired) electrons. The summed E-state index contributed by atoms with van der Waals surface area (Å²) in [5, 5.41) is 0. The van der Waals surface area contributed by atoms with Crippen molar-refractivity contribution < 1.29 is 2.74 Å². The topological polar surface area (TPSA) is 0 Å². The van der Waals surface area contributed by atoms with E-state index in [9.17, 15) is 0 Å². The largest absolute Gasteiger partial charge is 0.0625 e. The van der Waals surface area contributed by atoms with Crippen LogP contribution in [0.25, 0.3) is 0 Å². The van der Waals surface area contributed by atoms with Crippen LogP contribution in [-0.2, 0) is 0 Å². The van der Waals surface area contributed by atoms with Crippen LogP contribution >= 0.6 is 0 Å². The second-order valence-electron chi connectivity index (χ2n) is 4.43. The molecule has 1 fully saturated rings. The molecule has 76 valence electrons. The van der Waals surface area contributed by atoms with Gasteiger partial charge in [-0.15, -0.1) is 0 Å². The lowest BCUT2D eigenvalue weighted by atomic mass is 9.79. The van der Waals surface area contributed by atoms with E-state index in [1.54, 1.807) is 0 Å². The SMILES string of the molecule is [2H]C1(C)CCC([2H])(c2ccc(C)cc2)CC1. The Balaban J connectivity index is 2.18. The Kier molecular flexibility index (Phi) is 2.23. The second kappa shape index (κ2) is 4.16. The zero-order valence-electron chi connectivity index (χ0n) is 11.1. The molecule has 0 heterocycles. The summed E-state index contributed by atoms with van der Waals surface area (Å²) in [7, 11) is 0. The third-order valence-corrected chi connectivity index (χ3v) is 3.17. The molecule has 0 spiro atoms. The van der Waals surface area contributed by atoms with Gasteiger partial charge in [0.2, 0.25) is 0 Å². The Morgan fingerprint density at radius 1 is 1.07 bits per heavy atom. The van der Waals surface area contributed by atoms with E-state index in [2.05, 4.69) is 31.2 Å². The fraction of sp³-hybridized carbons (Fsp3) is 0.571. The van der Waals surface area contributed by atoms with Crippen LogP contribution in [0.5, 0.6) is 0 Å². The summed E-state index contributed by atoms with van der Waals surface area (Å²) in [4.78, 5) is 0. The number of aryl methyl sites for hydroxylation is 1. The number of benzene rings is 1. The van der Waals surface area contributed by atoms with E-state index in [1.165, 1.54) is 5.56 Å². The zero-order chi connectivity index (χ0) is 11.8. The van der Waals surface area contributed by atoms with Crippen molar-refractivity contribution in [2.24, 2.45) is 5.89 Å². The molecule has 1 saturated carbocycles. The minimum Gasteiger partial charge on any atom is -0.0625 e. The van der Waals surface area contributed by atoms with Gasteiger partial charge in [-0.25, -0.2) is 0 Å². The molecular weight excluding hydrogens is 168 g/mol. The van der Waals surface area contributed by atoms with E-state index < -0.39 is 5.89 Å². The Bertz CT molecular complexity index is 355. The quantitative estimate of drug-likeness (QED) is 0.619. The molecule has 0 amide bonds. The standard InChI is InChI=1S/C14H20/c1-11-3-7-13(8-4-11)14-9-5-12(2)6-10-14/h3-4,7-8,12,14H,5-6,9-10H2,1-2H3/i12D,14D. The van der Waals surface area contributed by atoms with Gasteiger partial charge in [-0.2, -0.15) is 0 Å². The van der Waals surface area contributed by atoms with Crippen molar-refractivity contribution in [3.05, 3.63) is 35.4 Å². The zero-order valence-corrected chi connectivity index (χ0v) is 9.14. The molecule has 0 aliphatic heterocycles. The van der Waals surface area contributed by atoms with Crippen molar-refractivity contribution in [1.29, 1.82) is 0 Å². The maximum absolute atomic E-state index is 8.53. The summed E-state index contributed by atoms with van der Waals surface area (Å²) in [6.45, 7) is 4.06. The number of hydrogen-bond donors (Lipinski definition) is 0. The van der Waals surface area contributed by atoms with E-state index in [-0.39, 0.29) is 5.89 Å². The molecule has 1 aliphatic rings. The molecule has 0 N–H and O–H groups in total. The molecule has 14 heavy (non-hydrogen) atoms. The Labute approximate surface area is 90.2 Å². The van der Waals surface area contributed by atoms with Crippen molar-refractivity contribution in [3.8, 4) is 0 Å². The van der Waals surface area contributed by atoms with Gasteiger partial charge in [0.05, 0.1) is 0 Å². The number of rotatable bonds is 1. The van der Waals surface area contributed by atoms with Gasteiger partial charge >= 0.3 is 0 Å². The van der Waals surface area contributed by atoms with Crippen molar-refractivity contribution in [3.63, 3.8) is 0 Å². The minimum absolute atomic E-state index is 0.310. The van der Waals surface area contributed by atoms with Crippen LogP contribution in [0.2, 0.25) is 0 Å². The highest BCUT2D eigenvalue weighted by Gasteiger charge is 2.19. The van der Waals surface area contributed by atoms with Crippen molar-refractivity contribution >= 4 is 0 Å². The molecule has 1 aliphatic carbocycles. The fourth-order valence-electron chi connectivity index (χ4n) is 2.06. The average Bonchev–Trinajstić information content (AvgIpc) is 2.24. The van der Waals surface area contributed by atoms with Crippen LogP contribution < -0.4 is 0 Å². The molecule has 0 bridgehead atoms. The average molecular weight is 190 g/mol. The van der Waals surface area contributed by atoms with Gasteiger partial charge in [0.25, 0.3) is 0 Å². The minimum atomic E-state index is -0.450. The molecule has 0 unspecified atom stereocenters. The van der Waals surface area contributed by atoms with Gasteiger partial charge in [0.1, 0.15) is 0 Å². The smallest absolute Gasteiger partial charge is 0.0352 e. The molecule has 1 aromatic rings. The lowest BCUT2D eigenvalue weighted by Crippen LogP contribution is -2.10. The van der Waals surface area contributed by atoms with Gasteiger partial charge in [-0.05, 0) is 37.1 Å². The van der Waals surface area contributed by atoms with Crippen LogP contribution in [0.4, 0.5) is 0 Å². The van der Waals surface area contributed by atoms with Crippen LogP contribution in [-0.4, -0.2) is 0 Å². The maximum Gasteiger partial charge on any atom is 0.0352 e. The van der Waals surface area contributed by atoms with Crippen molar-refractivity contribution in [2.45, 2.75) is 45.4 Å². The van der Waals surface area contributed by atoms with Gasteiger partial charge in [0.15, 0.2) is 0 Å². The highest BCUT2D eigenvalue weighted by Crippen LogP contribution is 2.35. The fourth-order valence-corrected chi connectivity index (χ4v) is 2.06. The van der Waals surface area contributed by atoms with Crippen molar-refractivity contribution in [2.75, 3.05) is 0 Å². The first-order valence-electron chi connectivity index (χ1n) is 6.49. The Morgan fingerprint density at radius 3 is 2.21 bits per heavy atom. The summed E-state index contributed by atoms with van der Waals surface area (Å²) in [6, 6.07) is 8.32. The molecule has 1 aromatic carbocycles. The third-order valence-electron chi connectivity index (χ3n) is 3.17. The van der Waals surface area contributed by atoms with Crippen LogP contribution in [0, 0.1) is 12.8 Å². The maximum atomic E-state index is 8.53. The van der Waals surface area contributed by atoms with Crippen LogP contribution in [0.3, 0.4) is 0 Å². The lowest BCUT2D eigenvalue weighted by molar-refractivity contribution is 0.348. The lowest BCUT2D eigenvalue weighted by Gasteiger charge is -2.26. The van der Waals surface area contributed by atoms with E-state index in [4.69, 9.17) is 2.74 Å². The first-order chi connectivity index (χ1) is 7.41. The summed E-state index contributed by atoms with van der Waals surface area (Å²) in [5.41, 5.74) is 2.36. The van der Waals surface area contributed by atoms with Gasteiger partial charge in [-0.1, -0.05) is 49.6 Å². The summed E-state index contributed by atoms with van der Waals surface area (Å²) in [5.74, 6) is -0.760. The van der Waals surface area contributed by atoms with Crippen LogP contribution in [0.1, 0.15) is 52.4 Å². The van der Waals surface area contributed by atoms with E-state index in [0.717, 1.165) is 31.2 Å². The van der Waals surface area contributed by atoms with Gasteiger partial charge < -0.3 is 0 Å². The molecular formula is C14H20. The highest BCUT2D eigenvalue weighted by atomic mass is 14.2. The van der Waals surface area contributed by atoms with Gasteiger partial charge in [0, 0.05) is 2.74 Å². The normalized spacial score (nSPS) is 40.1. The van der Waals surface area contributed by atoms with Gasteiger partial charge in [-0.3, -0.25) is 0 Å². The third kappa shape index (κ3) is 2.17. The van der Waals surface area contributed by atoms with Crippen LogP contribution in [0.15, 0.2) is 24.3 Å². The first kappa shape index (κ1) is 7.50. The Hall–Kier alpha value is -0.780. The molecule has 2 rings (SSSR count). The molecule has 0 nitrogen and oxygen atoms in total. The number of hydrogen-bond acceptors (Lipinski definition) is 0. The summed E-state index contributed by atoms with van der Waals surface area (Å²) >= 11 is 0. The van der Waals surface area contributed by atoms with E-state index >= 15 is 0 Å². The second-order valence-corrected chi connectivity index (χ2v) is 4.43. The predicted octanol–water partition coefficient (Wildman–Crippen LogP) is 4.29. The molecule has 0 heteroatoms. The van der Waals surface area contributed by atoms with E-state index in [1.807, 2.05) is 6.92 Å². The highest BCUT2D eigenvalue weighted by molar-refractivity contribution is 5.24. The molecule has 0 atom stereocenters. The predicted molar refractivity (Wildman–Crippen MR) is 61.6 cm³/mol. The van der Waals surface area contributed by atoms with E-state index in [0.29, 0.717) is 0 Å². The van der Waals surface area contributed by atoms with Crippen molar-refractivity contribution in [1.82, 2.24) is 0 Å². The summed E-state index contributed by atoms with van der Waals surface area (Å²) in [6.07, 6.45) is 3.31.